The maximum Gasteiger partial charge on any atom is -1.00 e. The third-order valence-corrected chi connectivity index (χ3v) is 21.0. The van der Waals surface area contributed by atoms with Gasteiger partial charge in [0.15, 0.2) is 0 Å². The van der Waals surface area contributed by atoms with E-state index in [1.807, 2.05) is 24.3 Å². The molecule has 0 unspecified atom stereocenters. The number of hydrogen-bond donors (Lipinski definition) is 0. The van der Waals surface area contributed by atoms with E-state index >= 15 is 0 Å². The van der Waals surface area contributed by atoms with Gasteiger partial charge in [0.05, 0.1) is 0 Å². The third-order valence-electron chi connectivity index (χ3n) is 11.7. The molecule has 0 atom stereocenters. The number of alkyl halides is 6. The number of allylic oxidation sites excluding steroid dienone is 4. The first-order valence-electron chi connectivity index (χ1n) is 20.2. The zero-order valence-electron chi connectivity index (χ0n) is 35.2. The van der Waals surface area contributed by atoms with Crippen molar-refractivity contribution in [3.63, 3.8) is 0 Å². The summed E-state index contributed by atoms with van der Waals surface area (Å²) in [5.74, 6) is 0. The second-order valence-corrected chi connectivity index (χ2v) is 28.6. The molecule has 2 aliphatic rings. The number of halogens is 8. The van der Waals surface area contributed by atoms with Crippen LogP contribution in [-0.4, -0.2) is 3.21 Å². The molecule has 0 fully saturated rings. The largest absolute Gasteiger partial charge is 1.00 e. The Hall–Kier alpha value is -2.13. The minimum atomic E-state index is -3.31. The Kier molecular flexibility index (Phi) is 15.1. The molecule has 6 aromatic rings. The zero-order valence-corrected chi connectivity index (χ0v) is 43.7. The molecule has 0 aromatic heterocycles. The molecule has 0 aliphatic heterocycles. The number of rotatable bonds is 6. The van der Waals surface area contributed by atoms with Gasteiger partial charge in [-0.15, -0.1) is 0 Å². The van der Waals surface area contributed by atoms with E-state index in [0.29, 0.717) is 11.1 Å². The fourth-order valence-electron chi connectivity index (χ4n) is 8.86. The minimum absolute atomic E-state index is 0. The van der Waals surface area contributed by atoms with Gasteiger partial charge < -0.3 is 24.8 Å². The van der Waals surface area contributed by atoms with E-state index in [4.69, 9.17) is 69.6 Å². The van der Waals surface area contributed by atoms with Gasteiger partial charge in [-0.1, -0.05) is 0 Å². The molecular formula is C53H46Cl8Zr. The number of hydrogen-bond acceptors (Lipinski definition) is 0. The summed E-state index contributed by atoms with van der Waals surface area (Å²) >= 11 is 35.4. The van der Waals surface area contributed by atoms with Crippen molar-refractivity contribution >= 4 is 76.1 Å². The van der Waals surface area contributed by atoms with Gasteiger partial charge in [0, 0.05) is 0 Å². The van der Waals surface area contributed by atoms with Crippen LogP contribution in [0.3, 0.4) is 0 Å². The van der Waals surface area contributed by atoms with Gasteiger partial charge in [0.25, 0.3) is 0 Å². The van der Waals surface area contributed by atoms with Crippen molar-refractivity contribution in [1.82, 2.24) is 0 Å². The molecule has 0 N–H and O–H groups in total. The minimum Gasteiger partial charge on any atom is -1.00 e. The van der Waals surface area contributed by atoms with Crippen LogP contribution in [0.15, 0.2) is 152 Å². The fourth-order valence-corrected chi connectivity index (χ4v) is 18.4. The Balaban J connectivity index is 0.00000321. The second kappa shape index (κ2) is 19.0. The Labute approximate surface area is 417 Å². The SMILES string of the molecule is CC(C)(C)c1cc2c(cc1-c1ccccc1)Cc1c-2cc(C(C)(C)C)c(-c2ccccc2)[c]1[Zr+2](=[C](c1ccc(C(Cl)(Cl)Cl)cc1)c1ccc(C(Cl)(Cl)Cl)cc1)[CH]1C=CC=C1.[Cl-].[Cl-]. The van der Waals surface area contributed by atoms with Gasteiger partial charge in [-0.3, -0.25) is 0 Å². The second-order valence-electron chi connectivity index (χ2n) is 17.9. The van der Waals surface area contributed by atoms with Gasteiger partial charge in [0.1, 0.15) is 0 Å². The number of benzene rings is 6. The van der Waals surface area contributed by atoms with Crippen molar-refractivity contribution in [2.75, 3.05) is 0 Å². The van der Waals surface area contributed by atoms with E-state index < -0.39 is 28.9 Å². The molecule has 0 spiro atoms. The Morgan fingerprint density at radius 2 is 0.968 bits per heavy atom. The maximum atomic E-state index is 6.46. The topological polar surface area (TPSA) is 0 Å². The molecule has 6 aromatic carbocycles. The molecule has 8 rings (SSSR count). The molecule has 0 amide bonds. The van der Waals surface area contributed by atoms with Crippen molar-refractivity contribution in [2.45, 2.75) is 70.0 Å². The Morgan fingerprint density at radius 1 is 0.516 bits per heavy atom. The zero-order chi connectivity index (χ0) is 42.8. The summed E-state index contributed by atoms with van der Waals surface area (Å²) < 4.78 is -0.0671. The predicted molar refractivity (Wildman–Crippen MR) is 259 cm³/mol. The first-order chi connectivity index (χ1) is 28.3. The predicted octanol–water partition coefficient (Wildman–Crippen LogP) is 10.3. The molecule has 0 saturated carbocycles. The summed E-state index contributed by atoms with van der Waals surface area (Å²) in [6.45, 7) is 14.1. The molecule has 2 aliphatic carbocycles. The molecule has 0 saturated heterocycles. The van der Waals surface area contributed by atoms with Crippen LogP contribution in [-0.2, 0) is 46.1 Å². The van der Waals surface area contributed by atoms with Crippen molar-refractivity contribution in [2.24, 2.45) is 0 Å². The van der Waals surface area contributed by atoms with Crippen LogP contribution in [0.25, 0.3) is 33.4 Å². The smallest absolute Gasteiger partial charge is 1.00 e. The molecule has 318 valence electrons. The standard InChI is InChI=1S/C33H33.C15H8Cl6.C5H5.2ClH.Zr/c1-32(2,3)30-20-26-24(18-28(30)22-13-9-7-10-14-22)17-25-19-29(23-15-11-8-12-16-23)31(21-27(25)26)33(4,5)6;16-14(17,18)12-5-1-10(2-6-12)9-11-3-7-13(8-4-11)15(19,20)21;1-2-4-5-3-1;;;/h7-16,18,20-21H,17H2,1-6H3;1-8H;1-5H;2*1H;/q;;;;;+2/p-2. The molecular weight excluding hydrogens is 1010 g/mol. The van der Waals surface area contributed by atoms with E-state index in [0.717, 1.165) is 17.5 Å². The van der Waals surface area contributed by atoms with Gasteiger partial charge in [-0.05, 0) is 0 Å². The van der Waals surface area contributed by atoms with Crippen LogP contribution < -0.4 is 28.1 Å². The third kappa shape index (κ3) is 9.99. The van der Waals surface area contributed by atoms with Gasteiger partial charge in [-0.25, -0.2) is 0 Å². The van der Waals surface area contributed by atoms with E-state index in [-0.39, 0.29) is 39.3 Å². The molecule has 0 radical (unpaired) electrons. The first kappa shape index (κ1) is 49.3. The Morgan fingerprint density at radius 3 is 1.42 bits per heavy atom. The summed E-state index contributed by atoms with van der Waals surface area (Å²) in [6.07, 6.45) is 10.1. The average molecular weight is 1060 g/mol. The van der Waals surface area contributed by atoms with Crippen molar-refractivity contribution in [3.8, 4) is 33.4 Å². The molecule has 0 bridgehead atoms. The van der Waals surface area contributed by atoms with Crippen LogP contribution in [0.5, 0.6) is 0 Å². The molecule has 0 heterocycles. The average Bonchev–Trinajstić information content (AvgIpc) is 3.87. The first-order valence-corrected chi connectivity index (χ1v) is 26.4. The maximum absolute atomic E-state index is 6.46. The normalized spacial score (nSPS) is 13.5. The van der Waals surface area contributed by atoms with Gasteiger partial charge >= 0.3 is 397 Å². The fraction of sp³-hybridized carbons (Fsp3) is 0.226. The van der Waals surface area contributed by atoms with Crippen LogP contribution in [0.4, 0.5) is 0 Å². The van der Waals surface area contributed by atoms with Gasteiger partial charge in [0.2, 0.25) is 0 Å². The van der Waals surface area contributed by atoms with Crippen molar-refractivity contribution in [1.29, 1.82) is 0 Å². The quantitative estimate of drug-likeness (QED) is 0.146. The molecule has 0 nitrogen and oxygen atoms in total. The van der Waals surface area contributed by atoms with Crippen LogP contribution >= 0.6 is 69.6 Å². The monoisotopic (exact) mass is 1050 g/mol. The summed E-state index contributed by atoms with van der Waals surface area (Å²) in [6, 6.07) is 45.7. The summed E-state index contributed by atoms with van der Waals surface area (Å²) in [4.78, 5) is 0. The van der Waals surface area contributed by atoms with E-state index in [1.54, 1.807) is 0 Å². The molecule has 62 heavy (non-hydrogen) atoms. The summed E-state index contributed by atoms with van der Waals surface area (Å²) in [5.41, 5.74) is 16.5. The van der Waals surface area contributed by atoms with E-state index in [9.17, 15) is 0 Å². The van der Waals surface area contributed by atoms with Crippen molar-refractivity contribution in [3.05, 3.63) is 196 Å². The van der Waals surface area contributed by atoms with E-state index in [1.165, 1.54) is 62.1 Å². The number of fused-ring (bicyclic) bond motifs is 3. The van der Waals surface area contributed by atoms with Crippen molar-refractivity contribution < 1.29 is 46.1 Å². The van der Waals surface area contributed by atoms with Crippen LogP contribution in [0.2, 0.25) is 3.63 Å². The van der Waals surface area contributed by atoms with Crippen LogP contribution in [0.1, 0.15) is 86.1 Å². The molecule has 9 heteroatoms. The summed E-state index contributed by atoms with van der Waals surface area (Å²) in [5, 5.41) is 0. The van der Waals surface area contributed by atoms with E-state index in [2.05, 4.69) is 169 Å². The van der Waals surface area contributed by atoms with Gasteiger partial charge in [-0.2, -0.15) is 0 Å². The Bertz CT molecular complexity index is 2600. The summed E-state index contributed by atoms with van der Waals surface area (Å²) in [7, 11) is 0. The van der Waals surface area contributed by atoms with Crippen LogP contribution in [0, 0.1) is 0 Å².